The van der Waals surface area contributed by atoms with E-state index in [1.54, 1.807) is 6.07 Å². The van der Waals surface area contributed by atoms with E-state index >= 15 is 0 Å². The van der Waals surface area contributed by atoms with Gasteiger partial charge in [0.15, 0.2) is 0 Å². The Labute approximate surface area is 118 Å². The van der Waals surface area contributed by atoms with E-state index in [9.17, 15) is 4.79 Å². The highest BCUT2D eigenvalue weighted by Gasteiger charge is 2.28. The van der Waals surface area contributed by atoms with Crippen molar-refractivity contribution in [1.29, 1.82) is 0 Å². The Morgan fingerprint density at radius 3 is 2.95 bits per heavy atom. The van der Waals surface area contributed by atoms with Crippen molar-refractivity contribution >= 4 is 16.9 Å². The lowest BCUT2D eigenvalue weighted by molar-refractivity contribution is 0.229. The molecule has 1 heterocycles. The number of benzene rings is 1. The van der Waals surface area contributed by atoms with Gasteiger partial charge in [-0.25, -0.2) is 4.98 Å². The van der Waals surface area contributed by atoms with Gasteiger partial charge in [0.25, 0.3) is 5.56 Å². The fraction of sp³-hybridized carbons (Fsp3) is 0.500. The molecule has 0 radical (unpaired) electrons. The number of hydrogen-bond donors (Lipinski definition) is 2. The summed E-state index contributed by atoms with van der Waals surface area (Å²) in [4.78, 5) is 19.4. The maximum atomic E-state index is 12.0. The molecular weight excluding hydrogens is 250 g/mol. The monoisotopic (exact) mass is 271 g/mol. The van der Waals surface area contributed by atoms with Crippen molar-refractivity contribution in [3.05, 3.63) is 34.6 Å². The van der Waals surface area contributed by atoms with E-state index in [0.717, 1.165) is 18.4 Å². The number of rotatable bonds is 2. The molecule has 1 aromatic carbocycles. The smallest absolute Gasteiger partial charge is 0.260 e. The number of aromatic nitrogens is 2. The van der Waals surface area contributed by atoms with Gasteiger partial charge in [0, 0.05) is 6.04 Å². The van der Waals surface area contributed by atoms with Crippen LogP contribution in [0.3, 0.4) is 0 Å². The van der Waals surface area contributed by atoms with Gasteiger partial charge >= 0.3 is 0 Å². The minimum Gasteiger partial charge on any atom is -0.353 e. The molecule has 1 atom stereocenters. The number of aromatic amines is 1. The summed E-state index contributed by atoms with van der Waals surface area (Å²) in [6, 6.07) is 7.83. The molecule has 4 heteroatoms. The van der Waals surface area contributed by atoms with E-state index in [1.807, 2.05) is 18.2 Å². The number of nitrogens with zero attached hydrogens (tertiary/aromatic N) is 1. The Hall–Kier alpha value is -1.84. The Kier molecular flexibility index (Phi) is 3.24. The molecule has 4 nitrogen and oxygen atoms in total. The molecule has 106 valence electrons. The summed E-state index contributed by atoms with van der Waals surface area (Å²) >= 11 is 0. The minimum absolute atomic E-state index is 0.0758. The molecule has 20 heavy (non-hydrogen) atoms. The lowest BCUT2D eigenvalue weighted by atomic mass is 9.75. The number of H-pyrrole nitrogens is 1. The molecule has 0 spiro atoms. The highest BCUT2D eigenvalue weighted by Crippen LogP contribution is 2.35. The van der Waals surface area contributed by atoms with Gasteiger partial charge in [-0.3, -0.25) is 9.78 Å². The summed E-state index contributed by atoms with van der Waals surface area (Å²) in [5.41, 5.74) is 1.04. The van der Waals surface area contributed by atoms with Gasteiger partial charge in [-0.15, -0.1) is 0 Å². The van der Waals surface area contributed by atoms with Crippen LogP contribution >= 0.6 is 0 Å². The van der Waals surface area contributed by atoms with Crippen LogP contribution in [0.15, 0.2) is 29.1 Å². The highest BCUT2D eigenvalue weighted by atomic mass is 16.1. The van der Waals surface area contributed by atoms with Gasteiger partial charge < -0.3 is 5.32 Å². The summed E-state index contributed by atoms with van der Waals surface area (Å²) in [5.74, 6) is 0.594. The normalized spacial score (nSPS) is 21.8. The number of fused-ring (bicyclic) bond motifs is 1. The molecule has 2 N–H and O–H groups in total. The highest BCUT2D eigenvalue weighted by molar-refractivity contribution is 5.78. The van der Waals surface area contributed by atoms with Gasteiger partial charge in [-0.05, 0) is 36.8 Å². The zero-order chi connectivity index (χ0) is 14.2. The first-order valence-corrected chi connectivity index (χ1v) is 7.29. The first-order valence-electron chi connectivity index (χ1n) is 7.29. The zero-order valence-electron chi connectivity index (χ0n) is 12.1. The molecule has 2 aromatic rings. The molecule has 1 saturated carbocycles. The summed E-state index contributed by atoms with van der Waals surface area (Å²) < 4.78 is 0. The van der Waals surface area contributed by atoms with E-state index in [1.165, 1.54) is 12.8 Å². The molecule has 0 aliphatic heterocycles. The average molecular weight is 271 g/mol. The van der Waals surface area contributed by atoms with Crippen LogP contribution in [-0.4, -0.2) is 16.0 Å². The SMILES string of the molecule is CC1(C)CCCC(Nc2nc3ccccc3c(=O)[nH]2)C1. The fourth-order valence-corrected chi connectivity index (χ4v) is 3.17. The van der Waals surface area contributed by atoms with Crippen LogP contribution in [0.25, 0.3) is 10.9 Å². The topological polar surface area (TPSA) is 57.8 Å². The number of para-hydroxylation sites is 1. The number of anilines is 1. The first-order chi connectivity index (χ1) is 9.53. The van der Waals surface area contributed by atoms with Crippen molar-refractivity contribution < 1.29 is 0 Å². The lowest BCUT2D eigenvalue weighted by Gasteiger charge is -2.35. The quantitative estimate of drug-likeness (QED) is 0.881. The van der Waals surface area contributed by atoms with Crippen LogP contribution in [0.1, 0.15) is 39.5 Å². The summed E-state index contributed by atoms with van der Waals surface area (Å²) in [6.07, 6.45) is 4.75. The second-order valence-electron chi connectivity index (χ2n) is 6.53. The fourth-order valence-electron chi connectivity index (χ4n) is 3.17. The lowest BCUT2D eigenvalue weighted by Crippen LogP contribution is -2.32. The Bertz CT molecular complexity index is 675. The van der Waals surface area contributed by atoms with Crippen LogP contribution in [0, 0.1) is 5.41 Å². The van der Waals surface area contributed by atoms with E-state index < -0.39 is 0 Å². The van der Waals surface area contributed by atoms with Crippen LogP contribution in [0.5, 0.6) is 0 Å². The van der Waals surface area contributed by atoms with E-state index in [4.69, 9.17) is 0 Å². The molecule has 1 aliphatic rings. The predicted octanol–water partition coefficient (Wildman–Crippen LogP) is 3.30. The van der Waals surface area contributed by atoms with Crippen molar-refractivity contribution in [2.45, 2.75) is 45.6 Å². The zero-order valence-corrected chi connectivity index (χ0v) is 12.1. The molecule has 1 fully saturated rings. The Morgan fingerprint density at radius 2 is 2.15 bits per heavy atom. The summed E-state index contributed by atoms with van der Waals surface area (Å²) in [5, 5.41) is 4.04. The van der Waals surface area contributed by atoms with E-state index in [0.29, 0.717) is 22.8 Å². The van der Waals surface area contributed by atoms with Gasteiger partial charge in [0.05, 0.1) is 10.9 Å². The summed E-state index contributed by atoms with van der Waals surface area (Å²) in [7, 11) is 0. The second-order valence-corrected chi connectivity index (χ2v) is 6.53. The minimum atomic E-state index is -0.0758. The van der Waals surface area contributed by atoms with Gasteiger partial charge in [0.1, 0.15) is 0 Å². The Balaban J connectivity index is 1.86. The maximum absolute atomic E-state index is 12.0. The molecular formula is C16H21N3O. The van der Waals surface area contributed by atoms with E-state index in [2.05, 4.69) is 29.1 Å². The first kappa shape index (κ1) is 13.2. The van der Waals surface area contributed by atoms with Gasteiger partial charge in [-0.2, -0.15) is 0 Å². The third-order valence-corrected chi connectivity index (χ3v) is 4.16. The van der Waals surface area contributed by atoms with Crippen molar-refractivity contribution in [3.63, 3.8) is 0 Å². The average Bonchev–Trinajstić information content (AvgIpc) is 2.37. The molecule has 3 rings (SSSR count). The van der Waals surface area contributed by atoms with Gasteiger partial charge in [-0.1, -0.05) is 32.4 Å². The van der Waals surface area contributed by atoms with E-state index in [-0.39, 0.29) is 5.56 Å². The van der Waals surface area contributed by atoms with Crippen molar-refractivity contribution in [1.82, 2.24) is 9.97 Å². The third kappa shape index (κ3) is 2.69. The summed E-state index contributed by atoms with van der Waals surface area (Å²) in [6.45, 7) is 4.61. The molecule has 1 aliphatic carbocycles. The second kappa shape index (κ2) is 4.93. The molecule has 0 amide bonds. The third-order valence-electron chi connectivity index (χ3n) is 4.16. The van der Waals surface area contributed by atoms with Crippen LogP contribution in [-0.2, 0) is 0 Å². The van der Waals surface area contributed by atoms with Crippen molar-refractivity contribution in [2.24, 2.45) is 5.41 Å². The van der Waals surface area contributed by atoms with Crippen LogP contribution in [0.4, 0.5) is 5.95 Å². The van der Waals surface area contributed by atoms with Crippen LogP contribution < -0.4 is 10.9 Å². The molecule has 0 bridgehead atoms. The Morgan fingerprint density at radius 1 is 1.35 bits per heavy atom. The molecule has 1 unspecified atom stereocenters. The van der Waals surface area contributed by atoms with Crippen molar-refractivity contribution in [2.75, 3.05) is 5.32 Å². The maximum Gasteiger partial charge on any atom is 0.260 e. The van der Waals surface area contributed by atoms with Crippen molar-refractivity contribution in [3.8, 4) is 0 Å². The number of nitrogens with one attached hydrogen (secondary N) is 2. The van der Waals surface area contributed by atoms with Crippen LogP contribution in [0.2, 0.25) is 0 Å². The predicted molar refractivity (Wildman–Crippen MR) is 82.0 cm³/mol. The standard InChI is InChI=1S/C16H21N3O/c1-16(2)9-5-6-11(10-16)17-15-18-13-8-4-3-7-12(13)14(20)19-15/h3-4,7-8,11H,5-6,9-10H2,1-2H3,(H2,17,18,19,20). The molecule has 1 aromatic heterocycles. The molecule has 0 saturated heterocycles. The largest absolute Gasteiger partial charge is 0.353 e. The number of hydrogen-bond acceptors (Lipinski definition) is 3. The van der Waals surface area contributed by atoms with Gasteiger partial charge in [0.2, 0.25) is 5.95 Å².